The molecule has 0 spiro atoms. The number of halogens is 1. The number of hydrogen-bond donors (Lipinski definition) is 1. The van der Waals surface area contributed by atoms with Gasteiger partial charge in [-0.15, -0.1) is 0 Å². The second-order valence-electron chi connectivity index (χ2n) is 5.14. The molecule has 1 aromatic rings. The van der Waals surface area contributed by atoms with Crippen molar-refractivity contribution in [3.63, 3.8) is 0 Å². The van der Waals surface area contributed by atoms with E-state index in [9.17, 15) is 10.1 Å². The van der Waals surface area contributed by atoms with Crippen LogP contribution in [0.4, 0.5) is 5.69 Å². The third-order valence-electron chi connectivity index (χ3n) is 3.67. The first-order valence-corrected chi connectivity index (χ1v) is 7.58. The van der Waals surface area contributed by atoms with Crippen LogP contribution in [0.2, 0.25) is 0 Å². The Kier molecular flexibility index (Phi) is 5.02. The fourth-order valence-corrected chi connectivity index (χ4v) is 2.90. The summed E-state index contributed by atoms with van der Waals surface area (Å²) in [4.78, 5) is 13.2. The zero-order valence-corrected chi connectivity index (χ0v) is 13.1. The van der Waals surface area contributed by atoms with Gasteiger partial charge in [0, 0.05) is 31.0 Å². The summed E-state index contributed by atoms with van der Waals surface area (Å²) in [6, 6.07) is 8.08. The minimum Gasteiger partial charge on any atom is -0.370 e. The SMILES string of the molecule is CC(=O)NCC1CCN(c2ccc(Br)cc2C#N)CC1. The van der Waals surface area contributed by atoms with Crippen LogP contribution in [0.5, 0.6) is 0 Å². The van der Waals surface area contributed by atoms with Crippen LogP contribution in [0, 0.1) is 17.2 Å². The second-order valence-corrected chi connectivity index (χ2v) is 6.06. The summed E-state index contributed by atoms with van der Waals surface area (Å²) in [7, 11) is 0. The lowest BCUT2D eigenvalue weighted by Crippen LogP contribution is -2.38. The van der Waals surface area contributed by atoms with Crippen LogP contribution in [-0.2, 0) is 4.79 Å². The van der Waals surface area contributed by atoms with Crippen LogP contribution >= 0.6 is 15.9 Å². The number of anilines is 1. The molecule has 1 amide bonds. The van der Waals surface area contributed by atoms with Gasteiger partial charge in [0.2, 0.25) is 5.91 Å². The molecule has 1 N–H and O–H groups in total. The number of nitrogens with one attached hydrogen (secondary N) is 1. The van der Waals surface area contributed by atoms with Crippen molar-refractivity contribution in [2.75, 3.05) is 24.5 Å². The molecule has 0 aromatic heterocycles. The molecule has 1 aliphatic heterocycles. The maximum Gasteiger partial charge on any atom is 0.216 e. The predicted octanol–water partition coefficient (Wildman–Crippen LogP) is 2.67. The molecule has 2 rings (SSSR count). The van der Waals surface area contributed by atoms with E-state index in [4.69, 9.17) is 0 Å². The lowest BCUT2D eigenvalue weighted by molar-refractivity contribution is -0.119. The summed E-state index contributed by atoms with van der Waals surface area (Å²) >= 11 is 3.39. The van der Waals surface area contributed by atoms with E-state index in [0.29, 0.717) is 11.5 Å². The zero-order chi connectivity index (χ0) is 14.5. The largest absolute Gasteiger partial charge is 0.370 e. The van der Waals surface area contributed by atoms with Gasteiger partial charge in [-0.1, -0.05) is 15.9 Å². The van der Waals surface area contributed by atoms with Crippen molar-refractivity contribution in [2.24, 2.45) is 5.92 Å². The molecular weight excluding hydrogens is 318 g/mol. The van der Waals surface area contributed by atoms with Crippen molar-refractivity contribution >= 4 is 27.5 Å². The summed E-state index contributed by atoms with van der Waals surface area (Å²) in [5, 5.41) is 12.1. The van der Waals surface area contributed by atoms with Gasteiger partial charge in [0.05, 0.1) is 11.3 Å². The van der Waals surface area contributed by atoms with Crippen LogP contribution in [0.1, 0.15) is 25.3 Å². The third-order valence-corrected chi connectivity index (χ3v) is 4.17. The zero-order valence-electron chi connectivity index (χ0n) is 11.5. The van der Waals surface area contributed by atoms with Gasteiger partial charge >= 0.3 is 0 Å². The van der Waals surface area contributed by atoms with E-state index in [0.717, 1.165) is 42.6 Å². The van der Waals surface area contributed by atoms with Gasteiger partial charge in [-0.05, 0) is 37.0 Å². The Hall–Kier alpha value is -1.54. The first-order valence-electron chi connectivity index (χ1n) is 6.79. The van der Waals surface area contributed by atoms with Crippen molar-refractivity contribution in [1.82, 2.24) is 5.32 Å². The van der Waals surface area contributed by atoms with Crippen molar-refractivity contribution in [3.8, 4) is 6.07 Å². The first kappa shape index (κ1) is 14.9. The van der Waals surface area contributed by atoms with E-state index in [2.05, 4.69) is 32.2 Å². The summed E-state index contributed by atoms with van der Waals surface area (Å²) < 4.78 is 0.929. The van der Waals surface area contributed by atoms with Crippen LogP contribution in [0.3, 0.4) is 0 Å². The van der Waals surface area contributed by atoms with Gasteiger partial charge in [0.25, 0.3) is 0 Å². The number of nitrogens with zero attached hydrogens (tertiary/aromatic N) is 2. The fraction of sp³-hybridized carbons (Fsp3) is 0.467. The number of hydrogen-bond acceptors (Lipinski definition) is 3. The highest BCUT2D eigenvalue weighted by atomic mass is 79.9. The molecule has 20 heavy (non-hydrogen) atoms. The lowest BCUT2D eigenvalue weighted by atomic mass is 9.96. The molecule has 0 bridgehead atoms. The number of benzene rings is 1. The quantitative estimate of drug-likeness (QED) is 0.923. The second kappa shape index (κ2) is 6.76. The first-order chi connectivity index (χ1) is 9.60. The summed E-state index contributed by atoms with van der Waals surface area (Å²) in [6.45, 7) is 4.17. The van der Waals surface area contributed by atoms with E-state index < -0.39 is 0 Å². The van der Waals surface area contributed by atoms with Crippen molar-refractivity contribution in [1.29, 1.82) is 5.26 Å². The predicted molar refractivity (Wildman–Crippen MR) is 82.5 cm³/mol. The molecule has 4 nitrogen and oxygen atoms in total. The van der Waals surface area contributed by atoms with Crippen LogP contribution in [0.25, 0.3) is 0 Å². The van der Waals surface area contributed by atoms with E-state index in [1.807, 2.05) is 18.2 Å². The van der Waals surface area contributed by atoms with Gasteiger partial charge in [-0.25, -0.2) is 0 Å². The minimum atomic E-state index is 0.0344. The standard InChI is InChI=1S/C15H18BrN3O/c1-11(20)18-10-12-4-6-19(7-5-12)15-3-2-14(16)8-13(15)9-17/h2-3,8,12H,4-7,10H2,1H3,(H,18,20). The average Bonchev–Trinajstić information content (AvgIpc) is 2.45. The molecule has 0 aliphatic carbocycles. The highest BCUT2D eigenvalue weighted by Crippen LogP contribution is 2.28. The Bertz CT molecular complexity index is 530. The summed E-state index contributed by atoms with van der Waals surface area (Å²) in [5.41, 5.74) is 1.72. The molecule has 106 valence electrons. The summed E-state index contributed by atoms with van der Waals surface area (Å²) in [5.74, 6) is 0.572. The topological polar surface area (TPSA) is 56.1 Å². The number of carbonyl (C=O) groups excluding carboxylic acids is 1. The fourth-order valence-electron chi connectivity index (χ4n) is 2.54. The van der Waals surface area contributed by atoms with Gasteiger partial charge in [-0.2, -0.15) is 5.26 Å². The molecule has 0 unspecified atom stereocenters. The highest BCUT2D eigenvalue weighted by molar-refractivity contribution is 9.10. The Balaban J connectivity index is 1.97. The molecule has 0 saturated carbocycles. The van der Waals surface area contributed by atoms with Gasteiger partial charge in [0.15, 0.2) is 0 Å². The molecule has 1 heterocycles. The third kappa shape index (κ3) is 3.73. The van der Waals surface area contributed by atoms with Gasteiger partial charge < -0.3 is 10.2 Å². The maximum absolute atomic E-state index is 10.9. The molecule has 1 aromatic carbocycles. The maximum atomic E-state index is 10.9. The van der Waals surface area contributed by atoms with Crippen LogP contribution in [0.15, 0.2) is 22.7 Å². The normalized spacial score (nSPS) is 15.8. The lowest BCUT2D eigenvalue weighted by Gasteiger charge is -2.34. The van der Waals surface area contributed by atoms with E-state index in [1.165, 1.54) is 0 Å². The Morgan fingerprint density at radius 2 is 2.20 bits per heavy atom. The summed E-state index contributed by atoms with van der Waals surface area (Å²) in [6.07, 6.45) is 2.09. The van der Waals surface area contributed by atoms with E-state index in [1.54, 1.807) is 6.92 Å². The molecule has 1 aliphatic rings. The number of amides is 1. The van der Waals surface area contributed by atoms with Gasteiger partial charge in [-0.3, -0.25) is 4.79 Å². The molecule has 1 fully saturated rings. The van der Waals surface area contributed by atoms with Crippen molar-refractivity contribution in [2.45, 2.75) is 19.8 Å². The Morgan fingerprint density at radius 3 is 2.80 bits per heavy atom. The minimum absolute atomic E-state index is 0.0344. The number of carbonyl (C=O) groups is 1. The molecular formula is C15H18BrN3O. The number of rotatable bonds is 3. The number of piperidine rings is 1. The van der Waals surface area contributed by atoms with Gasteiger partial charge in [0.1, 0.15) is 6.07 Å². The Labute approximate surface area is 127 Å². The van der Waals surface area contributed by atoms with Crippen molar-refractivity contribution < 1.29 is 4.79 Å². The molecule has 5 heteroatoms. The van der Waals surface area contributed by atoms with Crippen LogP contribution in [-0.4, -0.2) is 25.5 Å². The highest BCUT2D eigenvalue weighted by Gasteiger charge is 2.21. The molecule has 1 saturated heterocycles. The monoisotopic (exact) mass is 335 g/mol. The molecule has 0 atom stereocenters. The molecule has 0 radical (unpaired) electrons. The Morgan fingerprint density at radius 1 is 1.50 bits per heavy atom. The van der Waals surface area contributed by atoms with E-state index >= 15 is 0 Å². The smallest absolute Gasteiger partial charge is 0.216 e. The number of nitriles is 1. The van der Waals surface area contributed by atoms with E-state index in [-0.39, 0.29) is 5.91 Å². The van der Waals surface area contributed by atoms with Crippen LogP contribution < -0.4 is 10.2 Å². The average molecular weight is 336 g/mol. The van der Waals surface area contributed by atoms with Crippen molar-refractivity contribution in [3.05, 3.63) is 28.2 Å².